The predicted molar refractivity (Wildman–Crippen MR) is 234 cm³/mol. The van der Waals surface area contributed by atoms with Gasteiger partial charge in [-0.15, -0.1) is 0 Å². The molecule has 0 bridgehead atoms. The third-order valence-corrected chi connectivity index (χ3v) is 11.3. The summed E-state index contributed by atoms with van der Waals surface area (Å²) in [7, 11) is 0. The summed E-state index contributed by atoms with van der Waals surface area (Å²) in [5.74, 6) is 0. The van der Waals surface area contributed by atoms with Crippen molar-refractivity contribution in [3.8, 4) is 39.2 Å². The summed E-state index contributed by atoms with van der Waals surface area (Å²) in [6.07, 6.45) is 2.79. The second-order valence-electron chi connectivity index (χ2n) is 14.6. The highest BCUT2D eigenvalue weighted by atomic mass is 15.0. The monoisotopic (exact) mass is 713 g/mol. The lowest BCUT2D eigenvalue weighted by molar-refractivity contribution is 1.17. The van der Waals surface area contributed by atoms with E-state index in [9.17, 15) is 0 Å². The van der Waals surface area contributed by atoms with Crippen molar-refractivity contribution in [3.63, 3.8) is 0 Å². The van der Waals surface area contributed by atoms with Crippen LogP contribution < -0.4 is 0 Å². The number of fused-ring (bicyclic) bond motifs is 9. The number of benzene rings is 9. The standard InChI is InChI=1S/C53H35N3/c1-2-13-42(14-3-1)56-50-20-9-8-17-45(50)48-32-36(23-30-51(48)56)31-35-21-24-37(25-22-35)38-26-28-39(29-27-38)40-11-10-12-41(33-40)49-34-54-52-46-18-6-4-15-43(46)44-16-5-7-19-47(44)53(52)55-49/h1-30,32-34H,31H2. The van der Waals surface area contributed by atoms with Crippen molar-refractivity contribution in [1.82, 2.24) is 14.5 Å². The Balaban J connectivity index is 0.851. The number of hydrogen-bond donors (Lipinski definition) is 0. The van der Waals surface area contributed by atoms with Gasteiger partial charge in [-0.2, -0.15) is 0 Å². The van der Waals surface area contributed by atoms with Crippen LogP contribution in [0.1, 0.15) is 11.1 Å². The Bertz CT molecular complexity index is 3220. The van der Waals surface area contributed by atoms with Crippen LogP contribution in [-0.2, 0) is 6.42 Å². The van der Waals surface area contributed by atoms with Crippen molar-refractivity contribution in [1.29, 1.82) is 0 Å². The van der Waals surface area contributed by atoms with Crippen LogP contribution in [0.5, 0.6) is 0 Å². The van der Waals surface area contributed by atoms with Gasteiger partial charge in [-0.1, -0.05) is 158 Å². The molecule has 2 aromatic heterocycles. The molecule has 0 atom stereocenters. The van der Waals surface area contributed by atoms with E-state index in [2.05, 4.69) is 199 Å². The molecule has 0 aliphatic heterocycles. The third-order valence-electron chi connectivity index (χ3n) is 11.3. The normalized spacial score (nSPS) is 11.6. The van der Waals surface area contributed by atoms with Gasteiger partial charge in [0.2, 0.25) is 0 Å². The fraction of sp³-hybridized carbons (Fsp3) is 0.0189. The largest absolute Gasteiger partial charge is 0.309 e. The van der Waals surface area contributed by atoms with Crippen molar-refractivity contribution in [2.24, 2.45) is 0 Å². The van der Waals surface area contributed by atoms with Gasteiger partial charge in [-0.05, 0) is 87.0 Å². The quantitative estimate of drug-likeness (QED) is 0.161. The Morgan fingerprint density at radius 1 is 0.357 bits per heavy atom. The molecule has 0 N–H and O–H groups in total. The molecular formula is C53H35N3. The summed E-state index contributed by atoms with van der Waals surface area (Å²) >= 11 is 0. The van der Waals surface area contributed by atoms with E-state index in [-0.39, 0.29) is 0 Å². The SMILES string of the molecule is c1ccc(-n2c3ccccc3c3cc(Cc4ccc(-c5ccc(-c6cccc(-c7cnc8c9ccccc9c9ccccc9c8n7)c6)cc5)cc4)ccc32)cc1. The summed E-state index contributed by atoms with van der Waals surface area (Å²) in [6, 6.07) is 69.8. The van der Waals surface area contributed by atoms with E-state index in [4.69, 9.17) is 9.97 Å². The van der Waals surface area contributed by atoms with Crippen LogP contribution in [0.3, 0.4) is 0 Å². The number of para-hydroxylation sites is 2. The number of nitrogens with zero attached hydrogens (tertiary/aromatic N) is 3. The lowest BCUT2D eigenvalue weighted by Gasteiger charge is -2.11. The average molecular weight is 714 g/mol. The minimum atomic E-state index is 0.871. The molecule has 3 nitrogen and oxygen atoms in total. The summed E-state index contributed by atoms with van der Waals surface area (Å²) in [6.45, 7) is 0. The van der Waals surface area contributed by atoms with Gasteiger partial charge in [-0.25, -0.2) is 4.98 Å². The molecule has 0 amide bonds. The molecule has 11 rings (SSSR count). The number of aromatic nitrogens is 3. The molecule has 0 unspecified atom stereocenters. The minimum absolute atomic E-state index is 0.871. The van der Waals surface area contributed by atoms with Gasteiger partial charge >= 0.3 is 0 Å². The molecule has 56 heavy (non-hydrogen) atoms. The summed E-state index contributed by atoms with van der Waals surface area (Å²) in [5, 5.41) is 7.23. The van der Waals surface area contributed by atoms with E-state index in [0.717, 1.165) is 45.0 Å². The van der Waals surface area contributed by atoms with Crippen molar-refractivity contribution in [2.45, 2.75) is 6.42 Å². The average Bonchev–Trinajstić information content (AvgIpc) is 3.61. The number of hydrogen-bond acceptors (Lipinski definition) is 2. The molecule has 0 saturated heterocycles. The smallest absolute Gasteiger partial charge is 0.0979 e. The van der Waals surface area contributed by atoms with E-state index in [1.54, 1.807) is 0 Å². The molecule has 0 fully saturated rings. The predicted octanol–water partition coefficient (Wildman–Crippen LogP) is 13.6. The molecular weight excluding hydrogens is 679 g/mol. The molecule has 9 aromatic carbocycles. The Labute approximate surface area is 324 Å². The van der Waals surface area contributed by atoms with Crippen molar-refractivity contribution < 1.29 is 0 Å². The molecule has 3 heteroatoms. The minimum Gasteiger partial charge on any atom is -0.309 e. The lowest BCUT2D eigenvalue weighted by Crippen LogP contribution is -1.93. The van der Waals surface area contributed by atoms with Crippen molar-refractivity contribution in [2.75, 3.05) is 0 Å². The van der Waals surface area contributed by atoms with Crippen molar-refractivity contribution >= 4 is 54.4 Å². The number of rotatable bonds is 6. The first-order chi connectivity index (χ1) is 27.7. The van der Waals surface area contributed by atoms with E-state index in [1.165, 1.54) is 66.1 Å². The summed E-state index contributed by atoms with van der Waals surface area (Å²) < 4.78 is 2.37. The van der Waals surface area contributed by atoms with Gasteiger partial charge in [0.1, 0.15) is 0 Å². The van der Waals surface area contributed by atoms with Crippen LogP contribution in [0.25, 0.3) is 93.6 Å². The Morgan fingerprint density at radius 2 is 0.911 bits per heavy atom. The highest BCUT2D eigenvalue weighted by molar-refractivity contribution is 6.23. The molecule has 0 saturated carbocycles. The maximum Gasteiger partial charge on any atom is 0.0979 e. The highest BCUT2D eigenvalue weighted by Gasteiger charge is 2.14. The summed E-state index contributed by atoms with van der Waals surface area (Å²) in [5.41, 5.74) is 14.8. The maximum atomic E-state index is 5.22. The second-order valence-corrected chi connectivity index (χ2v) is 14.6. The van der Waals surface area contributed by atoms with Gasteiger partial charge in [0, 0.05) is 32.8 Å². The highest BCUT2D eigenvalue weighted by Crippen LogP contribution is 2.36. The first kappa shape index (κ1) is 32.1. The van der Waals surface area contributed by atoms with Crippen LogP contribution in [0, 0.1) is 0 Å². The summed E-state index contributed by atoms with van der Waals surface area (Å²) in [4.78, 5) is 10.2. The van der Waals surface area contributed by atoms with Crippen LogP contribution >= 0.6 is 0 Å². The second kappa shape index (κ2) is 13.2. The van der Waals surface area contributed by atoms with Gasteiger partial charge < -0.3 is 4.57 Å². The Kier molecular flexibility index (Phi) is 7.56. The van der Waals surface area contributed by atoms with Crippen molar-refractivity contribution in [3.05, 3.63) is 211 Å². The third kappa shape index (κ3) is 5.44. The molecule has 0 aliphatic rings. The first-order valence-corrected chi connectivity index (χ1v) is 19.2. The van der Waals surface area contributed by atoms with E-state index < -0.39 is 0 Å². The van der Waals surface area contributed by atoms with Gasteiger partial charge in [-0.3, -0.25) is 4.98 Å². The molecule has 0 radical (unpaired) electrons. The molecule has 262 valence electrons. The molecule has 0 aliphatic carbocycles. The molecule has 0 spiro atoms. The maximum absolute atomic E-state index is 5.22. The fourth-order valence-corrected chi connectivity index (χ4v) is 8.51. The Morgan fingerprint density at radius 3 is 1.64 bits per heavy atom. The van der Waals surface area contributed by atoms with Gasteiger partial charge in [0.25, 0.3) is 0 Å². The molecule has 11 aromatic rings. The van der Waals surface area contributed by atoms with Crippen LogP contribution in [0.4, 0.5) is 0 Å². The van der Waals surface area contributed by atoms with E-state index in [1.807, 2.05) is 6.20 Å². The fourth-order valence-electron chi connectivity index (χ4n) is 8.51. The van der Waals surface area contributed by atoms with Crippen LogP contribution in [0.15, 0.2) is 200 Å². The van der Waals surface area contributed by atoms with E-state index in [0.29, 0.717) is 0 Å². The topological polar surface area (TPSA) is 30.7 Å². The zero-order valence-corrected chi connectivity index (χ0v) is 30.6. The zero-order chi connectivity index (χ0) is 37.0. The van der Waals surface area contributed by atoms with Gasteiger partial charge in [0.15, 0.2) is 0 Å². The first-order valence-electron chi connectivity index (χ1n) is 19.2. The Hall–Kier alpha value is -7.36. The van der Waals surface area contributed by atoms with Gasteiger partial charge in [0.05, 0.1) is 34.0 Å². The zero-order valence-electron chi connectivity index (χ0n) is 30.6. The van der Waals surface area contributed by atoms with E-state index >= 15 is 0 Å². The van der Waals surface area contributed by atoms with Crippen LogP contribution in [-0.4, -0.2) is 14.5 Å². The van der Waals surface area contributed by atoms with Crippen LogP contribution in [0.2, 0.25) is 0 Å². The molecule has 2 heterocycles. The lowest BCUT2D eigenvalue weighted by atomic mass is 9.97.